The van der Waals surface area contributed by atoms with Gasteiger partial charge in [0.2, 0.25) is 0 Å². The normalized spacial score (nSPS) is 16.2. The molecule has 1 heterocycles. The molecule has 4 heteroatoms. The van der Waals surface area contributed by atoms with Gasteiger partial charge in [0, 0.05) is 28.1 Å². The molecule has 0 saturated heterocycles. The number of aliphatic hydroxyl groups is 1. The summed E-state index contributed by atoms with van der Waals surface area (Å²) >= 11 is 1.83. The number of thioether (sulfide) groups is 1. The Labute approximate surface area is 114 Å². The van der Waals surface area contributed by atoms with Gasteiger partial charge in [0.1, 0.15) is 0 Å². The monoisotopic (exact) mass is 268 g/mol. The Balaban J connectivity index is 2.49. The van der Waals surface area contributed by atoms with Crippen LogP contribution in [0, 0.1) is 0 Å². The summed E-state index contributed by atoms with van der Waals surface area (Å²) in [5.74, 6) is 0. The van der Waals surface area contributed by atoms with Gasteiger partial charge in [-0.3, -0.25) is 4.98 Å². The number of rotatable bonds is 8. The van der Waals surface area contributed by atoms with Crippen LogP contribution in [-0.4, -0.2) is 34.0 Å². The second-order valence-corrected chi connectivity index (χ2v) is 6.47. The van der Waals surface area contributed by atoms with Gasteiger partial charge in [-0.15, -0.1) is 11.8 Å². The number of aliphatic hydroxyl groups excluding tert-OH is 1. The second-order valence-electron chi connectivity index (χ2n) is 4.96. The molecule has 3 nitrogen and oxygen atoms in total. The van der Waals surface area contributed by atoms with Crippen molar-refractivity contribution in [1.29, 1.82) is 0 Å². The van der Waals surface area contributed by atoms with Crippen LogP contribution in [0.4, 0.5) is 0 Å². The van der Waals surface area contributed by atoms with Crippen molar-refractivity contribution in [3.63, 3.8) is 0 Å². The van der Waals surface area contributed by atoms with E-state index in [1.807, 2.05) is 36.3 Å². The highest BCUT2D eigenvalue weighted by molar-refractivity contribution is 7.99. The molecule has 0 saturated carbocycles. The average molecular weight is 268 g/mol. The van der Waals surface area contributed by atoms with Gasteiger partial charge in [0.05, 0.1) is 6.61 Å². The molecule has 18 heavy (non-hydrogen) atoms. The van der Waals surface area contributed by atoms with Gasteiger partial charge < -0.3 is 10.4 Å². The van der Waals surface area contributed by atoms with Crippen LogP contribution in [0.5, 0.6) is 0 Å². The summed E-state index contributed by atoms with van der Waals surface area (Å²) in [6.45, 7) is 7.55. The quantitative estimate of drug-likeness (QED) is 0.712. The number of pyridine rings is 1. The van der Waals surface area contributed by atoms with E-state index >= 15 is 0 Å². The average Bonchev–Trinajstić information content (AvgIpc) is 2.37. The Morgan fingerprint density at radius 3 is 2.67 bits per heavy atom. The van der Waals surface area contributed by atoms with Gasteiger partial charge in [-0.25, -0.2) is 0 Å². The first-order valence-electron chi connectivity index (χ1n) is 6.52. The van der Waals surface area contributed by atoms with E-state index in [2.05, 4.69) is 31.1 Å². The molecule has 0 bridgehead atoms. The van der Waals surface area contributed by atoms with Gasteiger partial charge in [-0.05, 0) is 38.4 Å². The van der Waals surface area contributed by atoms with Crippen LogP contribution >= 0.6 is 11.8 Å². The zero-order valence-electron chi connectivity index (χ0n) is 11.5. The minimum atomic E-state index is -0.185. The van der Waals surface area contributed by atoms with E-state index in [-0.39, 0.29) is 12.1 Å². The van der Waals surface area contributed by atoms with Crippen molar-refractivity contribution in [1.82, 2.24) is 10.3 Å². The van der Waals surface area contributed by atoms with Crippen molar-refractivity contribution in [3.8, 4) is 0 Å². The predicted octanol–water partition coefficient (Wildman–Crippen LogP) is 2.70. The lowest BCUT2D eigenvalue weighted by Crippen LogP contribution is -2.47. The van der Waals surface area contributed by atoms with E-state index in [1.165, 1.54) is 4.90 Å². The summed E-state index contributed by atoms with van der Waals surface area (Å²) in [7, 11) is 0. The SMILES string of the molecule is CCCNC(C)(CO)CC(C)Sc1ccncc1. The third-order valence-electron chi connectivity index (χ3n) is 2.88. The molecule has 0 fully saturated rings. The molecule has 2 N–H and O–H groups in total. The fourth-order valence-corrected chi connectivity index (χ4v) is 3.14. The molecule has 0 spiro atoms. The maximum absolute atomic E-state index is 9.55. The summed E-state index contributed by atoms with van der Waals surface area (Å²) < 4.78 is 0. The van der Waals surface area contributed by atoms with Crippen molar-refractivity contribution in [2.45, 2.75) is 49.3 Å². The maximum atomic E-state index is 9.55. The number of nitrogens with one attached hydrogen (secondary N) is 1. The highest BCUT2D eigenvalue weighted by Crippen LogP contribution is 2.28. The lowest BCUT2D eigenvalue weighted by atomic mass is 9.97. The fraction of sp³-hybridized carbons (Fsp3) is 0.643. The largest absolute Gasteiger partial charge is 0.394 e. The molecule has 102 valence electrons. The summed E-state index contributed by atoms with van der Waals surface area (Å²) in [5, 5.41) is 13.4. The molecule has 2 atom stereocenters. The van der Waals surface area contributed by atoms with Crippen LogP contribution in [0.15, 0.2) is 29.4 Å². The van der Waals surface area contributed by atoms with Gasteiger partial charge in [-0.2, -0.15) is 0 Å². The number of nitrogens with zero attached hydrogens (tertiary/aromatic N) is 1. The van der Waals surface area contributed by atoms with Crippen molar-refractivity contribution >= 4 is 11.8 Å². The first-order chi connectivity index (χ1) is 8.59. The summed E-state index contributed by atoms with van der Waals surface area (Å²) in [4.78, 5) is 5.25. The molecule has 1 rings (SSSR count). The lowest BCUT2D eigenvalue weighted by molar-refractivity contribution is 0.166. The molecule has 0 radical (unpaired) electrons. The third-order valence-corrected chi connectivity index (χ3v) is 3.99. The molecule has 1 aromatic heterocycles. The minimum Gasteiger partial charge on any atom is -0.394 e. The van der Waals surface area contributed by atoms with Crippen molar-refractivity contribution in [2.75, 3.05) is 13.2 Å². The Morgan fingerprint density at radius 2 is 2.11 bits per heavy atom. The molecule has 0 aromatic carbocycles. The molecule has 0 aliphatic heterocycles. The van der Waals surface area contributed by atoms with Crippen molar-refractivity contribution in [2.24, 2.45) is 0 Å². The van der Waals surface area contributed by atoms with Crippen molar-refractivity contribution < 1.29 is 5.11 Å². The topological polar surface area (TPSA) is 45.1 Å². The first-order valence-corrected chi connectivity index (χ1v) is 7.40. The van der Waals surface area contributed by atoms with E-state index in [9.17, 15) is 5.11 Å². The Bertz CT molecular complexity index is 334. The molecule has 0 aliphatic rings. The van der Waals surface area contributed by atoms with Crippen LogP contribution < -0.4 is 5.32 Å². The zero-order chi connectivity index (χ0) is 13.4. The van der Waals surface area contributed by atoms with Gasteiger partial charge in [0.25, 0.3) is 0 Å². The maximum Gasteiger partial charge on any atom is 0.0611 e. The number of hydrogen-bond donors (Lipinski definition) is 2. The highest BCUT2D eigenvalue weighted by atomic mass is 32.2. The Morgan fingerprint density at radius 1 is 1.44 bits per heavy atom. The lowest BCUT2D eigenvalue weighted by Gasteiger charge is -2.31. The molecule has 1 aromatic rings. The van der Waals surface area contributed by atoms with Crippen molar-refractivity contribution in [3.05, 3.63) is 24.5 Å². The molecular formula is C14H24N2OS. The predicted molar refractivity (Wildman–Crippen MR) is 78.0 cm³/mol. The minimum absolute atomic E-state index is 0.175. The molecule has 0 amide bonds. The molecular weight excluding hydrogens is 244 g/mol. The van der Waals surface area contributed by atoms with Crippen LogP contribution in [-0.2, 0) is 0 Å². The molecule has 0 aliphatic carbocycles. The number of aromatic nitrogens is 1. The Hall–Kier alpha value is -0.580. The van der Waals surface area contributed by atoms with E-state index in [0.717, 1.165) is 19.4 Å². The van der Waals surface area contributed by atoms with Crippen LogP contribution in [0.3, 0.4) is 0 Å². The van der Waals surface area contributed by atoms with E-state index in [0.29, 0.717) is 5.25 Å². The molecule has 2 unspecified atom stereocenters. The van der Waals surface area contributed by atoms with E-state index in [4.69, 9.17) is 0 Å². The van der Waals surface area contributed by atoms with E-state index in [1.54, 1.807) is 0 Å². The highest BCUT2D eigenvalue weighted by Gasteiger charge is 2.25. The summed E-state index contributed by atoms with van der Waals surface area (Å²) in [6, 6.07) is 4.05. The van der Waals surface area contributed by atoms with Gasteiger partial charge in [0.15, 0.2) is 0 Å². The van der Waals surface area contributed by atoms with Crippen LogP contribution in [0.1, 0.15) is 33.6 Å². The summed E-state index contributed by atoms with van der Waals surface area (Å²) in [6.07, 6.45) is 5.66. The Kier molecular flexibility index (Phi) is 6.68. The second kappa shape index (κ2) is 7.77. The van der Waals surface area contributed by atoms with Crippen LogP contribution in [0.2, 0.25) is 0 Å². The van der Waals surface area contributed by atoms with Crippen LogP contribution in [0.25, 0.3) is 0 Å². The fourth-order valence-electron chi connectivity index (χ4n) is 1.94. The smallest absolute Gasteiger partial charge is 0.0611 e. The standard InChI is InChI=1S/C14H24N2OS/c1-4-7-16-14(3,11-17)10-12(2)18-13-5-8-15-9-6-13/h5-6,8-9,12,16-17H,4,7,10-11H2,1-3H3. The third kappa shape index (κ3) is 5.38. The summed E-state index contributed by atoms with van der Waals surface area (Å²) in [5.41, 5.74) is -0.185. The van der Waals surface area contributed by atoms with Gasteiger partial charge >= 0.3 is 0 Å². The number of hydrogen-bond acceptors (Lipinski definition) is 4. The zero-order valence-corrected chi connectivity index (χ0v) is 12.3. The first kappa shape index (κ1) is 15.5. The van der Waals surface area contributed by atoms with E-state index < -0.39 is 0 Å². The van der Waals surface area contributed by atoms with Gasteiger partial charge in [-0.1, -0.05) is 13.8 Å².